The summed E-state index contributed by atoms with van der Waals surface area (Å²) in [6.07, 6.45) is 0. The van der Waals surface area contributed by atoms with Gasteiger partial charge in [-0.05, 0) is 32.9 Å². The fourth-order valence-electron chi connectivity index (χ4n) is 2.60. The maximum Gasteiger partial charge on any atom is 0.319 e. The number of benzene rings is 1. The number of rotatable bonds is 5. The Morgan fingerprint density at radius 1 is 1.15 bits per heavy atom. The molecular formula is C20H31N5O2. The molecule has 7 heteroatoms. The third-order valence-corrected chi connectivity index (χ3v) is 3.91. The minimum atomic E-state index is -0.336. The summed E-state index contributed by atoms with van der Waals surface area (Å²) >= 11 is 0. The van der Waals surface area contributed by atoms with E-state index < -0.39 is 0 Å². The number of amides is 2. The van der Waals surface area contributed by atoms with Gasteiger partial charge in [-0.1, -0.05) is 39.0 Å². The summed E-state index contributed by atoms with van der Waals surface area (Å²) in [5, 5.41) is 10.3. The minimum absolute atomic E-state index is 0.260. The summed E-state index contributed by atoms with van der Waals surface area (Å²) in [5.41, 5.74) is 7.06. The lowest BCUT2D eigenvalue weighted by atomic mass is 9.91. The van der Waals surface area contributed by atoms with Crippen molar-refractivity contribution in [3.8, 4) is 5.75 Å². The Hall–Kier alpha value is -2.70. The van der Waals surface area contributed by atoms with E-state index in [-0.39, 0.29) is 17.0 Å². The number of nitrogens with zero attached hydrogens (tertiary/aromatic N) is 2. The first-order chi connectivity index (χ1) is 12.5. The molecule has 4 N–H and O–H groups in total. The minimum Gasteiger partial charge on any atom is -0.492 e. The van der Waals surface area contributed by atoms with Gasteiger partial charge in [0, 0.05) is 5.41 Å². The molecule has 0 saturated carbocycles. The quantitative estimate of drug-likeness (QED) is 0.696. The van der Waals surface area contributed by atoms with Crippen molar-refractivity contribution in [1.82, 2.24) is 15.1 Å². The molecular weight excluding hydrogens is 342 g/mol. The molecule has 2 amide bonds. The normalized spacial score (nSPS) is 11.9. The molecule has 0 atom stereocenters. The fraction of sp³-hybridized carbons (Fsp3) is 0.500. The Kier molecular flexibility index (Phi) is 6.03. The van der Waals surface area contributed by atoms with Gasteiger partial charge in [0.2, 0.25) is 0 Å². The zero-order valence-corrected chi connectivity index (χ0v) is 17.1. The molecule has 0 saturated heterocycles. The second-order valence-electron chi connectivity index (χ2n) is 8.48. The smallest absolute Gasteiger partial charge is 0.319 e. The van der Waals surface area contributed by atoms with Crippen LogP contribution in [0.5, 0.6) is 5.75 Å². The van der Waals surface area contributed by atoms with E-state index in [2.05, 4.69) is 15.7 Å². The summed E-state index contributed by atoms with van der Waals surface area (Å²) in [6, 6.07) is 9.14. The number of nitrogen functional groups attached to an aromatic ring is 1. The molecule has 0 radical (unpaired) electrons. The van der Waals surface area contributed by atoms with Gasteiger partial charge >= 0.3 is 6.03 Å². The van der Waals surface area contributed by atoms with Crippen LogP contribution in [0.15, 0.2) is 30.3 Å². The SMILES string of the molecule is CC(C)(C)c1nn(C(C)(C)C)c(N)c1NC(=O)NCCOc1ccccc1. The second kappa shape index (κ2) is 7.90. The molecule has 0 aliphatic carbocycles. The number of nitrogens with two attached hydrogens (primary N) is 1. The maximum absolute atomic E-state index is 12.3. The van der Waals surface area contributed by atoms with Gasteiger partial charge in [0.25, 0.3) is 0 Å². The molecule has 0 fully saturated rings. The van der Waals surface area contributed by atoms with Gasteiger partial charge in [-0.25, -0.2) is 9.48 Å². The number of anilines is 2. The van der Waals surface area contributed by atoms with Crippen LogP contribution in [-0.2, 0) is 11.0 Å². The molecule has 27 heavy (non-hydrogen) atoms. The van der Waals surface area contributed by atoms with Crippen LogP contribution in [0.25, 0.3) is 0 Å². The number of nitrogens with one attached hydrogen (secondary N) is 2. The molecule has 0 spiro atoms. The van der Waals surface area contributed by atoms with E-state index in [0.29, 0.717) is 24.7 Å². The van der Waals surface area contributed by atoms with E-state index in [9.17, 15) is 4.79 Å². The standard InChI is InChI=1S/C20H31N5O2/c1-19(2,3)16-15(17(21)25(24-16)20(4,5)6)23-18(26)22-12-13-27-14-10-8-7-9-11-14/h7-11H,12-13,21H2,1-6H3,(H2,22,23,26). The number of hydrogen-bond acceptors (Lipinski definition) is 4. The third-order valence-electron chi connectivity index (χ3n) is 3.91. The van der Waals surface area contributed by atoms with Crippen LogP contribution in [0.4, 0.5) is 16.3 Å². The summed E-state index contributed by atoms with van der Waals surface area (Å²) in [6.45, 7) is 12.9. The summed E-state index contributed by atoms with van der Waals surface area (Å²) < 4.78 is 7.33. The summed E-state index contributed by atoms with van der Waals surface area (Å²) in [5.74, 6) is 1.22. The first-order valence-corrected chi connectivity index (χ1v) is 9.12. The molecule has 2 rings (SSSR count). The van der Waals surface area contributed by atoms with E-state index in [4.69, 9.17) is 10.5 Å². The van der Waals surface area contributed by atoms with Gasteiger partial charge < -0.3 is 21.1 Å². The Bertz CT molecular complexity index is 770. The van der Waals surface area contributed by atoms with E-state index in [1.807, 2.05) is 71.9 Å². The largest absolute Gasteiger partial charge is 0.492 e. The van der Waals surface area contributed by atoms with Gasteiger partial charge in [0.15, 0.2) is 0 Å². The molecule has 1 heterocycles. The monoisotopic (exact) mass is 373 g/mol. The predicted octanol–water partition coefficient (Wildman–Crippen LogP) is 3.72. The Balaban J connectivity index is 2.03. The maximum atomic E-state index is 12.3. The van der Waals surface area contributed by atoms with Crippen LogP contribution in [0.2, 0.25) is 0 Å². The van der Waals surface area contributed by atoms with Crippen molar-refractivity contribution in [2.24, 2.45) is 0 Å². The number of carbonyl (C=O) groups is 1. The third kappa shape index (κ3) is 5.39. The zero-order valence-electron chi connectivity index (χ0n) is 17.1. The van der Waals surface area contributed by atoms with Crippen LogP contribution >= 0.6 is 0 Å². The Morgan fingerprint density at radius 3 is 2.33 bits per heavy atom. The van der Waals surface area contributed by atoms with Gasteiger partial charge in [0.1, 0.15) is 23.9 Å². The lowest BCUT2D eigenvalue weighted by molar-refractivity contribution is 0.247. The average Bonchev–Trinajstić information content (AvgIpc) is 2.90. The highest BCUT2D eigenvalue weighted by molar-refractivity contribution is 5.93. The lowest BCUT2D eigenvalue weighted by Gasteiger charge is -2.21. The Morgan fingerprint density at radius 2 is 1.78 bits per heavy atom. The van der Waals surface area contributed by atoms with Crippen LogP contribution in [0.3, 0.4) is 0 Å². The molecule has 0 bridgehead atoms. The van der Waals surface area contributed by atoms with Crippen LogP contribution in [-0.4, -0.2) is 29.0 Å². The van der Waals surface area contributed by atoms with Gasteiger partial charge in [-0.2, -0.15) is 5.10 Å². The molecule has 148 valence electrons. The van der Waals surface area contributed by atoms with Crippen molar-refractivity contribution in [2.75, 3.05) is 24.2 Å². The summed E-state index contributed by atoms with van der Waals surface area (Å²) in [4.78, 5) is 12.3. The van der Waals surface area contributed by atoms with Crippen molar-refractivity contribution < 1.29 is 9.53 Å². The molecule has 1 aromatic heterocycles. The van der Waals surface area contributed by atoms with Gasteiger partial charge in [-0.15, -0.1) is 0 Å². The Labute approximate surface area is 161 Å². The van der Waals surface area contributed by atoms with Crippen LogP contribution in [0, 0.1) is 0 Å². The van der Waals surface area contributed by atoms with E-state index in [1.165, 1.54) is 0 Å². The summed E-state index contributed by atoms with van der Waals surface area (Å²) in [7, 11) is 0. The molecule has 2 aromatic rings. The highest BCUT2D eigenvalue weighted by atomic mass is 16.5. The number of para-hydroxylation sites is 1. The number of urea groups is 1. The van der Waals surface area contributed by atoms with Crippen molar-refractivity contribution in [1.29, 1.82) is 0 Å². The molecule has 0 aliphatic heterocycles. The van der Waals surface area contributed by atoms with Gasteiger partial charge in [-0.3, -0.25) is 0 Å². The van der Waals surface area contributed by atoms with E-state index >= 15 is 0 Å². The van der Waals surface area contributed by atoms with Crippen molar-refractivity contribution in [3.63, 3.8) is 0 Å². The predicted molar refractivity (Wildman–Crippen MR) is 109 cm³/mol. The number of carbonyl (C=O) groups excluding carboxylic acids is 1. The van der Waals surface area contributed by atoms with E-state index in [1.54, 1.807) is 4.68 Å². The average molecular weight is 374 g/mol. The second-order valence-corrected chi connectivity index (χ2v) is 8.48. The van der Waals surface area contributed by atoms with Crippen LogP contribution < -0.4 is 21.1 Å². The highest BCUT2D eigenvalue weighted by Crippen LogP contribution is 2.35. The lowest BCUT2D eigenvalue weighted by Crippen LogP contribution is -2.33. The molecule has 7 nitrogen and oxygen atoms in total. The molecule has 0 aliphatic rings. The van der Waals surface area contributed by atoms with E-state index in [0.717, 1.165) is 11.4 Å². The van der Waals surface area contributed by atoms with Gasteiger partial charge in [0.05, 0.1) is 17.8 Å². The van der Waals surface area contributed by atoms with Crippen molar-refractivity contribution in [2.45, 2.75) is 52.5 Å². The first-order valence-electron chi connectivity index (χ1n) is 9.12. The first kappa shape index (κ1) is 20.6. The number of hydrogen-bond donors (Lipinski definition) is 3. The zero-order chi connectivity index (χ0) is 20.2. The topological polar surface area (TPSA) is 94.2 Å². The molecule has 1 aromatic carbocycles. The number of aromatic nitrogens is 2. The van der Waals surface area contributed by atoms with Crippen LogP contribution in [0.1, 0.15) is 47.2 Å². The van der Waals surface area contributed by atoms with Crippen molar-refractivity contribution in [3.05, 3.63) is 36.0 Å². The highest BCUT2D eigenvalue weighted by Gasteiger charge is 2.30. The molecule has 0 unspecified atom stereocenters. The van der Waals surface area contributed by atoms with Crippen molar-refractivity contribution >= 4 is 17.5 Å². The number of ether oxygens (including phenoxy) is 1. The fourth-order valence-corrected chi connectivity index (χ4v) is 2.60.